The minimum atomic E-state index is -4.95. The molecule has 0 fully saturated rings. The minimum Gasteiger partial charge on any atom is -0.481 e. The summed E-state index contributed by atoms with van der Waals surface area (Å²) in [6.45, 7) is -1.04. The van der Waals surface area contributed by atoms with Crippen molar-refractivity contribution in [3.63, 3.8) is 0 Å². The Morgan fingerprint density at radius 2 is 1.94 bits per heavy atom. The fraction of sp³-hybridized carbons (Fsp3) is 0.300. The van der Waals surface area contributed by atoms with Crippen LogP contribution in [0.15, 0.2) is 18.2 Å². The smallest absolute Gasteiger partial charge is 0.403 e. The first kappa shape index (κ1) is 14.2. The average molecular weight is 269 g/mol. The first-order valence-corrected chi connectivity index (χ1v) is 4.70. The average Bonchev–Trinajstić information content (AvgIpc) is 2.18. The third-order valence-corrected chi connectivity index (χ3v) is 2.12. The third kappa shape index (κ3) is 3.57. The van der Waals surface area contributed by atoms with Crippen molar-refractivity contribution in [1.82, 2.24) is 0 Å². The molecule has 0 aromatic heterocycles. The molecule has 0 amide bonds. The summed E-state index contributed by atoms with van der Waals surface area (Å²) < 4.78 is 62.4. The molecule has 18 heavy (non-hydrogen) atoms. The molecule has 0 aliphatic rings. The van der Waals surface area contributed by atoms with E-state index in [4.69, 9.17) is 5.11 Å². The van der Waals surface area contributed by atoms with E-state index in [1.807, 2.05) is 5.32 Å². The Morgan fingerprint density at radius 3 is 2.39 bits per heavy atom. The second-order valence-electron chi connectivity index (χ2n) is 3.44. The van der Waals surface area contributed by atoms with Gasteiger partial charge in [-0.15, -0.1) is 0 Å². The van der Waals surface area contributed by atoms with Crippen LogP contribution in [0.25, 0.3) is 0 Å². The van der Waals surface area contributed by atoms with Crippen LogP contribution < -0.4 is 5.32 Å². The molecule has 1 atom stereocenters. The zero-order valence-electron chi connectivity index (χ0n) is 8.76. The van der Waals surface area contributed by atoms with Gasteiger partial charge in [0.1, 0.15) is 11.6 Å². The van der Waals surface area contributed by atoms with Crippen LogP contribution in [0.4, 0.5) is 27.6 Å². The predicted octanol–water partition coefficient (Wildman–Crippen LogP) is 2.64. The van der Waals surface area contributed by atoms with E-state index >= 15 is 0 Å². The second-order valence-corrected chi connectivity index (χ2v) is 3.44. The van der Waals surface area contributed by atoms with Crippen molar-refractivity contribution in [2.45, 2.75) is 6.18 Å². The molecule has 0 radical (unpaired) electrons. The molecule has 1 unspecified atom stereocenters. The summed E-state index contributed by atoms with van der Waals surface area (Å²) in [6.07, 6.45) is -4.95. The van der Waals surface area contributed by atoms with Gasteiger partial charge in [-0.3, -0.25) is 4.79 Å². The van der Waals surface area contributed by atoms with E-state index in [9.17, 15) is 26.7 Å². The van der Waals surface area contributed by atoms with Gasteiger partial charge in [0, 0.05) is 12.6 Å². The number of alkyl halides is 3. The summed E-state index contributed by atoms with van der Waals surface area (Å²) in [6, 6.07) is 2.21. The monoisotopic (exact) mass is 269 g/mol. The molecule has 0 heterocycles. The number of rotatable bonds is 4. The Bertz CT molecular complexity index is 446. The van der Waals surface area contributed by atoms with Gasteiger partial charge in [0.2, 0.25) is 0 Å². The summed E-state index contributed by atoms with van der Waals surface area (Å²) in [4.78, 5) is 10.4. The molecule has 0 aliphatic carbocycles. The highest BCUT2D eigenvalue weighted by Gasteiger charge is 2.44. The first-order valence-electron chi connectivity index (χ1n) is 4.70. The lowest BCUT2D eigenvalue weighted by Gasteiger charge is -2.17. The quantitative estimate of drug-likeness (QED) is 0.826. The third-order valence-electron chi connectivity index (χ3n) is 2.12. The van der Waals surface area contributed by atoms with Crippen LogP contribution in [-0.4, -0.2) is 23.8 Å². The topological polar surface area (TPSA) is 49.3 Å². The molecule has 0 saturated carbocycles. The number of carbonyl (C=O) groups is 1. The lowest BCUT2D eigenvalue weighted by molar-refractivity contribution is -0.190. The van der Waals surface area contributed by atoms with E-state index < -0.39 is 41.9 Å². The maximum Gasteiger partial charge on any atom is 0.403 e. The molecule has 0 bridgehead atoms. The van der Waals surface area contributed by atoms with Gasteiger partial charge in [-0.2, -0.15) is 13.2 Å². The molecule has 1 rings (SSSR count). The second kappa shape index (κ2) is 5.19. The zero-order chi connectivity index (χ0) is 13.9. The number of aliphatic carboxylic acids is 1. The number of nitrogens with one attached hydrogen (secondary N) is 1. The normalized spacial score (nSPS) is 13.2. The van der Waals surface area contributed by atoms with Crippen molar-refractivity contribution < 1.29 is 31.9 Å². The van der Waals surface area contributed by atoms with Gasteiger partial charge in [-0.25, -0.2) is 8.78 Å². The summed E-state index contributed by atoms with van der Waals surface area (Å²) in [5.74, 6) is -6.72. The highest BCUT2D eigenvalue weighted by Crippen LogP contribution is 2.27. The Balaban J connectivity index is 2.77. The molecule has 0 saturated heterocycles. The number of hydrogen-bond acceptors (Lipinski definition) is 2. The van der Waals surface area contributed by atoms with Crippen LogP contribution in [0.3, 0.4) is 0 Å². The summed E-state index contributed by atoms with van der Waals surface area (Å²) in [5, 5.41) is 10.4. The van der Waals surface area contributed by atoms with Gasteiger partial charge in [-0.1, -0.05) is 0 Å². The van der Waals surface area contributed by atoms with Crippen LogP contribution >= 0.6 is 0 Å². The Labute approximate surface area is 98.2 Å². The van der Waals surface area contributed by atoms with Gasteiger partial charge in [-0.05, 0) is 12.1 Å². The van der Waals surface area contributed by atoms with Gasteiger partial charge >= 0.3 is 12.1 Å². The van der Waals surface area contributed by atoms with Crippen molar-refractivity contribution in [2.24, 2.45) is 5.92 Å². The molecule has 8 heteroatoms. The van der Waals surface area contributed by atoms with Crippen molar-refractivity contribution in [3.8, 4) is 0 Å². The van der Waals surface area contributed by atoms with Gasteiger partial charge in [0.05, 0.1) is 5.69 Å². The number of halogens is 5. The zero-order valence-corrected chi connectivity index (χ0v) is 8.76. The maximum atomic E-state index is 13.1. The SMILES string of the molecule is O=C(O)C(CNc1ccc(F)cc1F)C(F)(F)F. The van der Waals surface area contributed by atoms with E-state index in [1.165, 1.54) is 0 Å². The van der Waals surface area contributed by atoms with Crippen molar-refractivity contribution in [3.05, 3.63) is 29.8 Å². The summed E-state index contributed by atoms with van der Waals surface area (Å²) >= 11 is 0. The number of benzene rings is 1. The molecule has 0 spiro atoms. The minimum absolute atomic E-state index is 0.396. The van der Waals surface area contributed by atoms with E-state index in [2.05, 4.69) is 0 Å². The lowest BCUT2D eigenvalue weighted by Crippen LogP contribution is -2.36. The molecule has 3 nitrogen and oxygen atoms in total. The highest BCUT2D eigenvalue weighted by molar-refractivity contribution is 5.71. The molecule has 100 valence electrons. The Morgan fingerprint density at radius 1 is 1.33 bits per heavy atom. The van der Waals surface area contributed by atoms with Gasteiger partial charge in [0.25, 0.3) is 0 Å². The van der Waals surface area contributed by atoms with Crippen LogP contribution in [0.5, 0.6) is 0 Å². The van der Waals surface area contributed by atoms with Crippen LogP contribution in [-0.2, 0) is 4.79 Å². The largest absolute Gasteiger partial charge is 0.481 e. The highest BCUT2D eigenvalue weighted by atomic mass is 19.4. The standard InChI is InChI=1S/C10H8F5NO2/c11-5-1-2-8(7(12)3-5)16-4-6(9(17)18)10(13,14)15/h1-3,6,16H,4H2,(H,17,18). The summed E-state index contributed by atoms with van der Waals surface area (Å²) in [5.41, 5.74) is -0.396. The lowest BCUT2D eigenvalue weighted by atomic mass is 10.1. The van der Waals surface area contributed by atoms with Crippen LogP contribution in [0.1, 0.15) is 0 Å². The molecule has 1 aromatic rings. The van der Waals surface area contributed by atoms with Gasteiger partial charge < -0.3 is 10.4 Å². The number of carboxylic acids is 1. The fourth-order valence-corrected chi connectivity index (χ4v) is 1.19. The number of hydrogen-bond donors (Lipinski definition) is 2. The van der Waals surface area contributed by atoms with E-state index in [0.717, 1.165) is 12.1 Å². The van der Waals surface area contributed by atoms with E-state index in [-0.39, 0.29) is 0 Å². The van der Waals surface area contributed by atoms with Crippen LogP contribution in [0.2, 0.25) is 0 Å². The molecule has 1 aromatic carbocycles. The van der Waals surface area contributed by atoms with Crippen LogP contribution in [0, 0.1) is 17.6 Å². The van der Waals surface area contributed by atoms with Crippen molar-refractivity contribution in [1.29, 1.82) is 0 Å². The van der Waals surface area contributed by atoms with E-state index in [1.54, 1.807) is 0 Å². The first-order chi connectivity index (χ1) is 8.21. The predicted molar refractivity (Wildman–Crippen MR) is 52.0 cm³/mol. The molecular weight excluding hydrogens is 261 g/mol. The molecule has 2 N–H and O–H groups in total. The summed E-state index contributed by atoms with van der Waals surface area (Å²) in [7, 11) is 0. The fourth-order valence-electron chi connectivity index (χ4n) is 1.19. The Hall–Kier alpha value is -1.86. The Kier molecular flexibility index (Phi) is 4.10. The molecular formula is C10H8F5NO2. The van der Waals surface area contributed by atoms with Gasteiger partial charge in [0.15, 0.2) is 5.92 Å². The molecule has 0 aliphatic heterocycles. The van der Waals surface area contributed by atoms with Crippen molar-refractivity contribution in [2.75, 3.05) is 11.9 Å². The number of anilines is 1. The number of carboxylic acid groups (broad SMARTS) is 1. The van der Waals surface area contributed by atoms with Crippen molar-refractivity contribution >= 4 is 11.7 Å². The van der Waals surface area contributed by atoms with E-state index in [0.29, 0.717) is 6.07 Å². The maximum absolute atomic E-state index is 13.1.